The molecule has 0 bridgehead atoms. The first kappa shape index (κ1) is 15.4. The maximum absolute atomic E-state index is 10.8. The molecule has 1 heterocycles. The Morgan fingerprint density at radius 1 is 1.43 bits per heavy atom. The average molecular weight is 306 g/mol. The standard InChI is InChI=1S/C15H18N2O3S/c1-10(2)11-8-14(21-9-15(18)19)17(16-11)12-6-4-5-7-13(12)20-3/h4-8,10H,9H2,1-3H3,(H,18,19). The van der Waals surface area contributed by atoms with Gasteiger partial charge in [-0.1, -0.05) is 37.7 Å². The second-order valence-electron chi connectivity index (χ2n) is 4.83. The number of aliphatic carboxylic acids is 1. The van der Waals surface area contributed by atoms with Crippen LogP contribution in [0.4, 0.5) is 0 Å². The van der Waals surface area contributed by atoms with Gasteiger partial charge < -0.3 is 9.84 Å². The first-order valence-corrected chi connectivity index (χ1v) is 7.59. The van der Waals surface area contributed by atoms with Crippen molar-refractivity contribution in [3.05, 3.63) is 36.0 Å². The van der Waals surface area contributed by atoms with E-state index in [9.17, 15) is 4.79 Å². The molecule has 0 radical (unpaired) electrons. The summed E-state index contributed by atoms with van der Waals surface area (Å²) in [5.41, 5.74) is 1.73. The molecular weight excluding hydrogens is 288 g/mol. The molecule has 2 rings (SSSR count). The van der Waals surface area contributed by atoms with Gasteiger partial charge in [-0.25, -0.2) is 4.68 Å². The number of para-hydroxylation sites is 2. The smallest absolute Gasteiger partial charge is 0.313 e. The SMILES string of the molecule is COc1ccccc1-n1nc(C(C)C)cc1SCC(=O)O. The van der Waals surface area contributed by atoms with Gasteiger partial charge in [0.05, 0.1) is 18.6 Å². The van der Waals surface area contributed by atoms with Crippen LogP contribution in [0.5, 0.6) is 5.75 Å². The van der Waals surface area contributed by atoms with E-state index in [0.717, 1.165) is 16.4 Å². The lowest BCUT2D eigenvalue weighted by atomic mass is 10.1. The van der Waals surface area contributed by atoms with E-state index in [4.69, 9.17) is 9.84 Å². The van der Waals surface area contributed by atoms with Crippen LogP contribution in [0.1, 0.15) is 25.5 Å². The summed E-state index contributed by atoms with van der Waals surface area (Å²) in [5.74, 6) is 0.121. The minimum atomic E-state index is -0.848. The molecule has 0 amide bonds. The highest BCUT2D eigenvalue weighted by Gasteiger charge is 2.16. The first-order valence-electron chi connectivity index (χ1n) is 6.61. The summed E-state index contributed by atoms with van der Waals surface area (Å²) in [6, 6.07) is 9.49. The second kappa shape index (κ2) is 6.67. The maximum atomic E-state index is 10.8. The van der Waals surface area contributed by atoms with Crippen molar-refractivity contribution < 1.29 is 14.6 Å². The summed E-state index contributed by atoms with van der Waals surface area (Å²) in [5, 5.41) is 14.3. The van der Waals surface area contributed by atoms with E-state index < -0.39 is 5.97 Å². The van der Waals surface area contributed by atoms with E-state index in [1.807, 2.05) is 30.3 Å². The van der Waals surface area contributed by atoms with Gasteiger partial charge in [0.15, 0.2) is 0 Å². The van der Waals surface area contributed by atoms with Crippen LogP contribution in [0.2, 0.25) is 0 Å². The molecule has 0 fully saturated rings. The van der Waals surface area contributed by atoms with Gasteiger partial charge in [0, 0.05) is 0 Å². The molecule has 0 aliphatic rings. The van der Waals surface area contributed by atoms with Crippen molar-refractivity contribution in [2.45, 2.75) is 24.8 Å². The fourth-order valence-corrected chi connectivity index (χ4v) is 2.62. The summed E-state index contributed by atoms with van der Waals surface area (Å²) in [6.45, 7) is 4.11. The van der Waals surface area contributed by atoms with Crippen molar-refractivity contribution in [3.63, 3.8) is 0 Å². The predicted octanol–water partition coefficient (Wildman–Crippen LogP) is 3.18. The van der Waals surface area contributed by atoms with Crippen molar-refractivity contribution in [1.29, 1.82) is 0 Å². The number of nitrogens with zero attached hydrogens (tertiary/aromatic N) is 2. The molecule has 0 saturated carbocycles. The normalized spacial score (nSPS) is 10.9. The quantitative estimate of drug-likeness (QED) is 0.830. The Morgan fingerprint density at radius 2 is 2.14 bits per heavy atom. The number of carbonyl (C=O) groups is 1. The third-order valence-corrected chi connectivity index (χ3v) is 3.92. The molecule has 1 N–H and O–H groups in total. The number of hydrogen-bond donors (Lipinski definition) is 1. The van der Waals surface area contributed by atoms with Crippen molar-refractivity contribution in [2.75, 3.05) is 12.9 Å². The lowest BCUT2D eigenvalue weighted by molar-refractivity contribution is -0.133. The Balaban J connectivity index is 2.47. The molecule has 0 unspecified atom stereocenters. The topological polar surface area (TPSA) is 64.4 Å². The van der Waals surface area contributed by atoms with E-state index in [2.05, 4.69) is 18.9 Å². The number of methoxy groups -OCH3 is 1. The third kappa shape index (κ3) is 3.58. The van der Waals surface area contributed by atoms with Crippen LogP contribution in [0.15, 0.2) is 35.4 Å². The summed E-state index contributed by atoms with van der Waals surface area (Å²) in [4.78, 5) is 10.8. The highest BCUT2D eigenvalue weighted by molar-refractivity contribution is 7.99. The molecule has 0 aliphatic heterocycles. The highest BCUT2D eigenvalue weighted by atomic mass is 32.2. The van der Waals surface area contributed by atoms with Gasteiger partial charge in [-0.15, -0.1) is 0 Å². The number of benzene rings is 1. The van der Waals surface area contributed by atoms with E-state index in [-0.39, 0.29) is 11.7 Å². The van der Waals surface area contributed by atoms with Gasteiger partial charge in [-0.2, -0.15) is 5.10 Å². The van der Waals surface area contributed by atoms with E-state index >= 15 is 0 Å². The Bertz CT molecular complexity index is 638. The molecular formula is C15H18N2O3S. The van der Waals surface area contributed by atoms with Crippen LogP contribution in [-0.4, -0.2) is 33.7 Å². The number of carboxylic acid groups (broad SMARTS) is 1. The Morgan fingerprint density at radius 3 is 2.76 bits per heavy atom. The third-order valence-electron chi connectivity index (χ3n) is 2.94. The molecule has 0 saturated heterocycles. The van der Waals surface area contributed by atoms with E-state index in [1.165, 1.54) is 11.8 Å². The second-order valence-corrected chi connectivity index (χ2v) is 5.82. The largest absolute Gasteiger partial charge is 0.494 e. The van der Waals surface area contributed by atoms with Gasteiger partial charge in [-0.3, -0.25) is 4.79 Å². The summed E-state index contributed by atoms with van der Waals surface area (Å²) in [7, 11) is 1.61. The summed E-state index contributed by atoms with van der Waals surface area (Å²) >= 11 is 1.25. The number of ether oxygens (including phenoxy) is 1. The first-order chi connectivity index (χ1) is 10.0. The monoisotopic (exact) mass is 306 g/mol. The fourth-order valence-electron chi connectivity index (χ4n) is 1.88. The number of carboxylic acids is 1. The Hall–Kier alpha value is -1.95. The molecule has 0 spiro atoms. The van der Waals surface area contributed by atoms with Gasteiger partial charge in [0.1, 0.15) is 16.5 Å². The van der Waals surface area contributed by atoms with Crippen LogP contribution in [0.3, 0.4) is 0 Å². The Labute approximate surface area is 127 Å². The van der Waals surface area contributed by atoms with Gasteiger partial charge in [-0.05, 0) is 24.1 Å². The lowest BCUT2D eigenvalue weighted by Crippen LogP contribution is -2.04. The average Bonchev–Trinajstić information content (AvgIpc) is 2.89. The molecule has 5 nitrogen and oxygen atoms in total. The molecule has 0 atom stereocenters. The highest BCUT2D eigenvalue weighted by Crippen LogP contribution is 2.30. The van der Waals surface area contributed by atoms with Gasteiger partial charge in [0.25, 0.3) is 0 Å². The minimum absolute atomic E-state index is 0.00161. The van der Waals surface area contributed by atoms with Crippen molar-refractivity contribution in [1.82, 2.24) is 9.78 Å². The van der Waals surface area contributed by atoms with E-state index in [1.54, 1.807) is 11.8 Å². The molecule has 2 aromatic rings. The summed E-state index contributed by atoms with van der Waals surface area (Å²) < 4.78 is 7.12. The van der Waals surface area contributed by atoms with E-state index in [0.29, 0.717) is 5.75 Å². The van der Waals surface area contributed by atoms with Gasteiger partial charge >= 0.3 is 5.97 Å². The van der Waals surface area contributed by atoms with Crippen LogP contribution in [-0.2, 0) is 4.79 Å². The van der Waals surface area contributed by atoms with Crippen molar-refractivity contribution in [3.8, 4) is 11.4 Å². The van der Waals surface area contributed by atoms with Crippen molar-refractivity contribution in [2.24, 2.45) is 0 Å². The molecule has 1 aromatic carbocycles. The summed E-state index contributed by atoms with van der Waals surface area (Å²) in [6.07, 6.45) is 0. The number of aromatic nitrogens is 2. The molecule has 1 aromatic heterocycles. The fraction of sp³-hybridized carbons (Fsp3) is 0.333. The maximum Gasteiger partial charge on any atom is 0.313 e. The van der Waals surface area contributed by atoms with Crippen LogP contribution in [0.25, 0.3) is 5.69 Å². The van der Waals surface area contributed by atoms with Crippen LogP contribution < -0.4 is 4.74 Å². The zero-order valence-electron chi connectivity index (χ0n) is 12.2. The van der Waals surface area contributed by atoms with Crippen molar-refractivity contribution >= 4 is 17.7 Å². The molecule has 0 aliphatic carbocycles. The minimum Gasteiger partial charge on any atom is -0.494 e. The van der Waals surface area contributed by atoms with Crippen LogP contribution in [0, 0.1) is 0 Å². The lowest BCUT2D eigenvalue weighted by Gasteiger charge is -2.10. The molecule has 21 heavy (non-hydrogen) atoms. The van der Waals surface area contributed by atoms with Gasteiger partial charge in [0.2, 0.25) is 0 Å². The zero-order chi connectivity index (χ0) is 15.4. The molecule has 112 valence electrons. The number of rotatable bonds is 6. The number of thioether (sulfide) groups is 1. The predicted molar refractivity (Wildman–Crippen MR) is 82.6 cm³/mol. The number of hydrogen-bond acceptors (Lipinski definition) is 4. The Kier molecular flexibility index (Phi) is 4.90. The van der Waals surface area contributed by atoms with Crippen LogP contribution >= 0.6 is 11.8 Å². The zero-order valence-corrected chi connectivity index (χ0v) is 13.1. The molecule has 6 heteroatoms.